The maximum absolute atomic E-state index is 13.2. The van der Waals surface area contributed by atoms with Crippen molar-refractivity contribution in [3.63, 3.8) is 0 Å². The molecule has 1 saturated carbocycles. The summed E-state index contributed by atoms with van der Waals surface area (Å²) in [5.74, 6) is -1.53. The summed E-state index contributed by atoms with van der Waals surface area (Å²) < 4.78 is 31.3. The van der Waals surface area contributed by atoms with Gasteiger partial charge in [0, 0.05) is 17.0 Å². The SMILES string of the molecule is COc1cc(F)c(F)cc1C1(C(C)O)CC1. The summed E-state index contributed by atoms with van der Waals surface area (Å²) in [5.41, 5.74) is 0.101. The summed E-state index contributed by atoms with van der Waals surface area (Å²) in [6.07, 6.45) is 0.948. The molecule has 0 saturated heterocycles. The second-order valence-corrected chi connectivity index (χ2v) is 4.30. The van der Waals surface area contributed by atoms with Gasteiger partial charge in [0.05, 0.1) is 13.2 Å². The van der Waals surface area contributed by atoms with Gasteiger partial charge in [-0.2, -0.15) is 0 Å². The van der Waals surface area contributed by atoms with E-state index in [2.05, 4.69) is 0 Å². The van der Waals surface area contributed by atoms with E-state index in [-0.39, 0.29) is 0 Å². The number of halogens is 2. The van der Waals surface area contributed by atoms with E-state index in [0.29, 0.717) is 11.3 Å². The maximum atomic E-state index is 13.2. The monoisotopic (exact) mass is 228 g/mol. The molecule has 0 heterocycles. The van der Waals surface area contributed by atoms with Gasteiger partial charge in [0.1, 0.15) is 5.75 Å². The van der Waals surface area contributed by atoms with Gasteiger partial charge in [0.2, 0.25) is 0 Å². The molecule has 1 atom stereocenters. The molecule has 1 aromatic carbocycles. The molecule has 1 aromatic rings. The quantitative estimate of drug-likeness (QED) is 0.860. The zero-order valence-corrected chi connectivity index (χ0v) is 9.26. The Hall–Kier alpha value is -1.16. The van der Waals surface area contributed by atoms with Crippen molar-refractivity contribution in [2.45, 2.75) is 31.3 Å². The van der Waals surface area contributed by atoms with Crippen molar-refractivity contribution in [3.8, 4) is 5.75 Å². The molecule has 1 aliphatic carbocycles. The van der Waals surface area contributed by atoms with E-state index >= 15 is 0 Å². The molecule has 1 unspecified atom stereocenters. The summed E-state index contributed by atoms with van der Waals surface area (Å²) in [7, 11) is 1.41. The minimum absolute atomic E-state index is 0.303. The zero-order chi connectivity index (χ0) is 11.9. The summed E-state index contributed by atoms with van der Waals surface area (Å²) in [6, 6.07) is 2.17. The van der Waals surface area contributed by atoms with Gasteiger partial charge in [0.25, 0.3) is 0 Å². The third-order valence-corrected chi connectivity index (χ3v) is 3.37. The van der Waals surface area contributed by atoms with Gasteiger partial charge in [-0.25, -0.2) is 8.78 Å². The summed E-state index contributed by atoms with van der Waals surface area (Å²) >= 11 is 0. The molecular weight excluding hydrogens is 214 g/mol. The molecule has 0 aliphatic heterocycles. The second-order valence-electron chi connectivity index (χ2n) is 4.30. The van der Waals surface area contributed by atoms with Gasteiger partial charge in [-0.1, -0.05) is 0 Å². The Bertz CT molecular complexity index is 412. The largest absolute Gasteiger partial charge is 0.496 e. The van der Waals surface area contributed by atoms with Crippen molar-refractivity contribution < 1.29 is 18.6 Å². The first-order valence-electron chi connectivity index (χ1n) is 5.23. The van der Waals surface area contributed by atoms with Gasteiger partial charge in [0.15, 0.2) is 11.6 Å². The van der Waals surface area contributed by atoms with Gasteiger partial charge in [-0.3, -0.25) is 0 Å². The lowest BCUT2D eigenvalue weighted by Crippen LogP contribution is -2.23. The highest BCUT2D eigenvalue weighted by Crippen LogP contribution is 2.54. The van der Waals surface area contributed by atoms with Crippen molar-refractivity contribution in [3.05, 3.63) is 29.3 Å². The van der Waals surface area contributed by atoms with E-state index in [0.717, 1.165) is 25.0 Å². The summed E-state index contributed by atoms with van der Waals surface area (Å²) in [4.78, 5) is 0. The smallest absolute Gasteiger partial charge is 0.162 e. The summed E-state index contributed by atoms with van der Waals surface area (Å²) in [6.45, 7) is 1.66. The average Bonchev–Trinajstić information content (AvgIpc) is 3.02. The average molecular weight is 228 g/mol. The highest BCUT2D eigenvalue weighted by atomic mass is 19.2. The fraction of sp³-hybridized carbons (Fsp3) is 0.500. The van der Waals surface area contributed by atoms with Gasteiger partial charge in [-0.05, 0) is 25.8 Å². The molecule has 2 nitrogen and oxygen atoms in total. The van der Waals surface area contributed by atoms with Crippen LogP contribution in [-0.4, -0.2) is 18.3 Å². The Morgan fingerprint density at radius 2 is 1.88 bits per heavy atom. The van der Waals surface area contributed by atoms with Crippen LogP contribution in [0.15, 0.2) is 12.1 Å². The second kappa shape index (κ2) is 3.70. The fourth-order valence-corrected chi connectivity index (χ4v) is 2.13. The summed E-state index contributed by atoms with van der Waals surface area (Å²) in [5, 5.41) is 9.70. The first-order chi connectivity index (χ1) is 7.51. The lowest BCUT2D eigenvalue weighted by molar-refractivity contribution is 0.148. The Labute approximate surface area is 92.9 Å². The molecule has 88 valence electrons. The van der Waals surface area contributed by atoms with Crippen molar-refractivity contribution in [1.82, 2.24) is 0 Å². The molecule has 1 fully saturated rings. The van der Waals surface area contributed by atoms with Gasteiger partial charge < -0.3 is 9.84 Å². The minimum Gasteiger partial charge on any atom is -0.496 e. The zero-order valence-electron chi connectivity index (χ0n) is 9.26. The minimum atomic E-state index is -0.929. The molecule has 0 aromatic heterocycles. The molecule has 0 spiro atoms. The molecule has 16 heavy (non-hydrogen) atoms. The lowest BCUT2D eigenvalue weighted by Gasteiger charge is -2.21. The van der Waals surface area contributed by atoms with E-state index < -0.39 is 23.2 Å². The van der Waals surface area contributed by atoms with Crippen LogP contribution in [0.2, 0.25) is 0 Å². The number of rotatable bonds is 3. The lowest BCUT2D eigenvalue weighted by atomic mass is 9.90. The predicted molar refractivity (Wildman–Crippen MR) is 55.5 cm³/mol. The van der Waals surface area contributed by atoms with Crippen LogP contribution in [0.4, 0.5) is 8.78 Å². The van der Waals surface area contributed by atoms with Crippen LogP contribution in [-0.2, 0) is 5.41 Å². The molecule has 0 amide bonds. The predicted octanol–water partition coefficient (Wildman–Crippen LogP) is 2.39. The van der Waals surface area contributed by atoms with E-state index in [9.17, 15) is 13.9 Å². The fourth-order valence-electron chi connectivity index (χ4n) is 2.13. The van der Waals surface area contributed by atoms with Crippen LogP contribution < -0.4 is 4.74 Å². The molecule has 0 radical (unpaired) electrons. The van der Waals surface area contributed by atoms with Gasteiger partial charge >= 0.3 is 0 Å². The van der Waals surface area contributed by atoms with E-state index in [4.69, 9.17) is 4.74 Å². The van der Waals surface area contributed by atoms with Gasteiger partial charge in [-0.15, -0.1) is 0 Å². The highest BCUT2D eigenvalue weighted by Gasteiger charge is 2.50. The first kappa shape index (κ1) is 11.3. The Kier molecular flexibility index (Phi) is 2.62. The van der Waals surface area contributed by atoms with Crippen molar-refractivity contribution in [2.75, 3.05) is 7.11 Å². The number of hydrogen-bond donors (Lipinski definition) is 1. The van der Waals surface area contributed by atoms with Crippen molar-refractivity contribution in [2.24, 2.45) is 0 Å². The molecule has 4 heteroatoms. The van der Waals surface area contributed by atoms with E-state index in [1.807, 2.05) is 0 Å². The number of aliphatic hydroxyl groups is 1. The number of hydrogen-bond acceptors (Lipinski definition) is 2. The van der Waals surface area contributed by atoms with Crippen LogP contribution in [0, 0.1) is 11.6 Å². The number of ether oxygens (including phenoxy) is 1. The Balaban J connectivity index is 2.52. The Morgan fingerprint density at radius 3 is 2.31 bits per heavy atom. The van der Waals surface area contributed by atoms with E-state index in [1.165, 1.54) is 7.11 Å². The molecular formula is C12H14F2O2. The van der Waals surface area contributed by atoms with Crippen molar-refractivity contribution >= 4 is 0 Å². The van der Waals surface area contributed by atoms with Crippen LogP contribution in [0.5, 0.6) is 5.75 Å². The third-order valence-electron chi connectivity index (χ3n) is 3.37. The molecule has 2 rings (SSSR count). The third kappa shape index (κ3) is 1.57. The van der Waals surface area contributed by atoms with Crippen molar-refractivity contribution in [1.29, 1.82) is 0 Å². The molecule has 1 N–H and O–H groups in total. The van der Waals surface area contributed by atoms with Crippen LogP contribution in [0.3, 0.4) is 0 Å². The first-order valence-corrected chi connectivity index (χ1v) is 5.23. The molecule has 0 bridgehead atoms. The number of methoxy groups -OCH3 is 1. The van der Waals surface area contributed by atoms with Crippen LogP contribution in [0.25, 0.3) is 0 Å². The van der Waals surface area contributed by atoms with Crippen LogP contribution >= 0.6 is 0 Å². The standard InChI is InChI=1S/C12H14F2O2/c1-7(15)12(3-4-12)8-5-9(13)10(14)6-11(8)16-2/h5-7,15H,3-4H2,1-2H3. The maximum Gasteiger partial charge on any atom is 0.162 e. The number of aliphatic hydroxyl groups excluding tert-OH is 1. The topological polar surface area (TPSA) is 29.5 Å². The van der Waals surface area contributed by atoms with E-state index in [1.54, 1.807) is 6.92 Å². The number of benzene rings is 1. The Morgan fingerprint density at radius 1 is 1.31 bits per heavy atom. The highest BCUT2D eigenvalue weighted by molar-refractivity contribution is 5.45. The normalized spacial score (nSPS) is 19.3. The van der Waals surface area contributed by atoms with Crippen LogP contribution in [0.1, 0.15) is 25.3 Å². The molecule has 1 aliphatic rings.